The van der Waals surface area contributed by atoms with Crippen molar-refractivity contribution in [3.05, 3.63) is 59.8 Å². The van der Waals surface area contributed by atoms with Gasteiger partial charge in [-0.2, -0.15) is 0 Å². The van der Waals surface area contributed by atoms with E-state index in [1.165, 1.54) is 11.6 Å². The van der Waals surface area contributed by atoms with E-state index in [1.807, 2.05) is 30.3 Å². The van der Waals surface area contributed by atoms with Gasteiger partial charge in [0, 0.05) is 12.5 Å². The number of aromatic carboxylic acids is 1. The maximum Gasteiger partial charge on any atom is 0.354 e. The zero-order chi connectivity index (χ0) is 12.8. The number of carboxylic acids is 1. The average Bonchev–Trinajstić information content (AvgIpc) is 2.40. The summed E-state index contributed by atoms with van der Waals surface area (Å²) in [6, 6.07) is 14.6. The van der Waals surface area contributed by atoms with E-state index >= 15 is 0 Å². The van der Waals surface area contributed by atoms with Gasteiger partial charge in [0.1, 0.15) is 0 Å². The number of pyridine rings is 1. The van der Waals surface area contributed by atoms with Gasteiger partial charge in [0.15, 0.2) is 5.69 Å². The normalized spacial score (nSPS) is 10.0. The summed E-state index contributed by atoms with van der Waals surface area (Å²) in [6.45, 7) is 0.472. The van der Waals surface area contributed by atoms with Gasteiger partial charge in [-0.1, -0.05) is 36.4 Å². The highest BCUT2D eigenvalue weighted by molar-refractivity contribution is 5.85. The molecule has 0 fully saturated rings. The van der Waals surface area contributed by atoms with E-state index in [4.69, 9.17) is 9.84 Å². The van der Waals surface area contributed by atoms with Gasteiger partial charge in [0.25, 0.3) is 0 Å². The van der Waals surface area contributed by atoms with Crippen LogP contribution in [0.1, 0.15) is 16.1 Å². The molecule has 0 bridgehead atoms. The molecule has 92 valence electrons. The van der Waals surface area contributed by atoms with Crippen molar-refractivity contribution >= 4 is 5.97 Å². The lowest BCUT2D eigenvalue weighted by molar-refractivity contribution is 0.0689. The zero-order valence-corrected chi connectivity index (χ0v) is 9.74. The molecule has 0 spiro atoms. The number of hydrogen-bond acceptors (Lipinski definition) is 3. The largest absolute Gasteiger partial charge is 0.477 e. The van der Waals surface area contributed by atoms with Crippen LogP contribution in [0.5, 0.6) is 5.88 Å². The van der Waals surface area contributed by atoms with E-state index in [9.17, 15) is 4.79 Å². The first kappa shape index (κ1) is 12.1. The lowest BCUT2D eigenvalue weighted by Crippen LogP contribution is -2.05. The van der Waals surface area contributed by atoms with Gasteiger partial charge in [-0.3, -0.25) is 0 Å². The van der Waals surface area contributed by atoms with Crippen LogP contribution < -0.4 is 4.74 Å². The first-order valence-corrected chi connectivity index (χ1v) is 5.63. The van der Waals surface area contributed by atoms with Crippen LogP contribution in [0.15, 0.2) is 48.5 Å². The maximum absolute atomic E-state index is 10.7. The standard InChI is InChI=1S/C14H13NO3/c16-14(17)12-7-4-8-13(15-12)18-10-9-11-5-2-1-3-6-11/h1-8H,9-10H2,(H,16,17). The summed E-state index contributed by atoms with van der Waals surface area (Å²) >= 11 is 0. The number of hydrogen-bond donors (Lipinski definition) is 1. The van der Waals surface area contributed by atoms with Crippen LogP contribution in [0.4, 0.5) is 0 Å². The Kier molecular flexibility index (Phi) is 3.91. The summed E-state index contributed by atoms with van der Waals surface area (Å²) in [5.74, 6) is -0.714. The quantitative estimate of drug-likeness (QED) is 0.876. The SMILES string of the molecule is O=C(O)c1cccc(OCCc2ccccc2)n1. The summed E-state index contributed by atoms with van der Waals surface area (Å²) < 4.78 is 5.43. The molecular formula is C14H13NO3. The molecule has 0 amide bonds. The first-order valence-electron chi connectivity index (χ1n) is 5.63. The molecule has 2 aromatic rings. The van der Waals surface area contributed by atoms with Crippen molar-refractivity contribution in [1.82, 2.24) is 4.98 Å². The van der Waals surface area contributed by atoms with Crippen molar-refractivity contribution in [2.45, 2.75) is 6.42 Å². The van der Waals surface area contributed by atoms with E-state index < -0.39 is 5.97 Å². The Morgan fingerprint density at radius 2 is 1.89 bits per heavy atom. The molecule has 0 aliphatic heterocycles. The number of aromatic nitrogens is 1. The molecule has 0 aliphatic rings. The molecule has 2 rings (SSSR count). The Labute approximate surface area is 105 Å². The number of rotatable bonds is 5. The third kappa shape index (κ3) is 3.31. The van der Waals surface area contributed by atoms with Crippen LogP contribution in [-0.4, -0.2) is 22.7 Å². The second-order valence-corrected chi connectivity index (χ2v) is 3.75. The minimum atomic E-state index is -1.05. The molecule has 0 saturated heterocycles. The summed E-state index contributed by atoms with van der Waals surface area (Å²) in [6.07, 6.45) is 0.764. The number of carboxylic acid groups (broad SMARTS) is 1. The van der Waals surface area contributed by atoms with E-state index in [1.54, 1.807) is 12.1 Å². The number of ether oxygens (including phenoxy) is 1. The van der Waals surface area contributed by atoms with Gasteiger partial charge in [-0.25, -0.2) is 9.78 Å². The van der Waals surface area contributed by atoms with Gasteiger partial charge in [0.05, 0.1) is 6.61 Å². The highest BCUT2D eigenvalue weighted by Crippen LogP contribution is 2.08. The average molecular weight is 243 g/mol. The first-order chi connectivity index (χ1) is 8.75. The van der Waals surface area contributed by atoms with Gasteiger partial charge < -0.3 is 9.84 Å². The number of benzene rings is 1. The van der Waals surface area contributed by atoms with Crippen LogP contribution >= 0.6 is 0 Å². The molecule has 0 aliphatic carbocycles. The molecule has 1 aromatic carbocycles. The molecule has 1 N–H and O–H groups in total. The Balaban J connectivity index is 1.90. The van der Waals surface area contributed by atoms with Crippen molar-refractivity contribution in [2.75, 3.05) is 6.61 Å². The predicted molar refractivity (Wildman–Crippen MR) is 66.8 cm³/mol. The number of carbonyl (C=O) groups is 1. The van der Waals surface area contributed by atoms with E-state index in [-0.39, 0.29) is 5.69 Å². The summed E-state index contributed by atoms with van der Waals surface area (Å²) in [4.78, 5) is 14.6. The minimum Gasteiger partial charge on any atom is -0.477 e. The topological polar surface area (TPSA) is 59.4 Å². The third-order valence-electron chi connectivity index (χ3n) is 2.43. The second-order valence-electron chi connectivity index (χ2n) is 3.75. The second kappa shape index (κ2) is 5.82. The van der Waals surface area contributed by atoms with Crippen molar-refractivity contribution in [2.24, 2.45) is 0 Å². The summed E-state index contributed by atoms with van der Waals surface area (Å²) in [5, 5.41) is 8.79. The minimum absolute atomic E-state index is 0.00721. The molecule has 1 aromatic heterocycles. The molecule has 0 atom stereocenters. The molecular weight excluding hydrogens is 230 g/mol. The summed E-state index contributed by atoms with van der Waals surface area (Å²) in [7, 11) is 0. The molecule has 0 unspecified atom stereocenters. The molecule has 4 heteroatoms. The highest BCUT2D eigenvalue weighted by Gasteiger charge is 2.05. The van der Waals surface area contributed by atoms with Crippen molar-refractivity contribution in [3.8, 4) is 5.88 Å². The number of nitrogens with zero attached hydrogens (tertiary/aromatic N) is 1. The third-order valence-corrected chi connectivity index (χ3v) is 2.43. The molecule has 0 radical (unpaired) electrons. The Morgan fingerprint density at radius 1 is 1.11 bits per heavy atom. The zero-order valence-electron chi connectivity index (χ0n) is 9.74. The lowest BCUT2D eigenvalue weighted by Gasteiger charge is -2.05. The van der Waals surface area contributed by atoms with Crippen LogP contribution in [0.25, 0.3) is 0 Å². The molecule has 0 saturated carbocycles. The molecule has 1 heterocycles. The van der Waals surface area contributed by atoms with Crippen molar-refractivity contribution < 1.29 is 14.6 Å². The fourth-order valence-corrected chi connectivity index (χ4v) is 1.53. The Hall–Kier alpha value is -2.36. The van der Waals surface area contributed by atoms with Gasteiger partial charge in [0.2, 0.25) is 5.88 Å². The lowest BCUT2D eigenvalue weighted by atomic mass is 10.2. The fourth-order valence-electron chi connectivity index (χ4n) is 1.53. The predicted octanol–water partition coefficient (Wildman–Crippen LogP) is 2.40. The molecule has 4 nitrogen and oxygen atoms in total. The molecule has 18 heavy (non-hydrogen) atoms. The monoisotopic (exact) mass is 243 g/mol. The Morgan fingerprint density at radius 3 is 2.61 bits per heavy atom. The van der Waals surface area contributed by atoms with Crippen LogP contribution in [0.2, 0.25) is 0 Å². The van der Waals surface area contributed by atoms with E-state index in [0.29, 0.717) is 12.5 Å². The Bertz CT molecular complexity index is 526. The van der Waals surface area contributed by atoms with Gasteiger partial charge in [-0.05, 0) is 11.6 Å². The van der Waals surface area contributed by atoms with E-state index in [2.05, 4.69) is 4.98 Å². The maximum atomic E-state index is 10.7. The highest BCUT2D eigenvalue weighted by atomic mass is 16.5. The van der Waals surface area contributed by atoms with Crippen LogP contribution in [0, 0.1) is 0 Å². The van der Waals surface area contributed by atoms with Gasteiger partial charge >= 0.3 is 5.97 Å². The van der Waals surface area contributed by atoms with E-state index in [0.717, 1.165) is 6.42 Å². The summed E-state index contributed by atoms with van der Waals surface area (Å²) in [5.41, 5.74) is 1.17. The van der Waals surface area contributed by atoms with Crippen LogP contribution in [0.3, 0.4) is 0 Å². The van der Waals surface area contributed by atoms with Crippen molar-refractivity contribution in [1.29, 1.82) is 0 Å². The smallest absolute Gasteiger partial charge is 0.354 e. The van der Waals surface area contributed by atoms with Gasteiger partial charge in [-0.15, -0.1) is 0 Å². The fraction of sp³-hybridized carbons (Fsp3) is 0.143. The van der Waals surface area contributed by atoms with Crippen LogP contribution in [-0.2, 0) is 6.42 Å². The van der Waals surface area contributed by atoms with Crippen molar-refractivity contribution in [3.63, 3.8) is 0 Å².